The molecule has 1 aromatic carbocycles. The van der Waals surface area contributed by atoms with E-state index in [0.717, 1.165) is 12.0 Å². The first-order chi connectivity index (χ1) is 12.4. The molecule has 1 N–H and O–H groups in total. The van der Waals surface area contributed by atoms with E-state index in [1.54, 1.807) is 29.0 Å². The van der Waals surface area contributed by atoms with Gasteiger partial charge < -0.3 is 10.2 Å². The van der Waals surface area contributed by atoms with Gasteiger partial charge in [-0.15, -0.1) is 0 Å². The van der Waals surface area contributed by atoms with E-state index in [4.69, 9.17) is 0 Å². The first-order valence-corrected chi connectivity index (χ1v) is 10.6. The number of rotatable bonds is 3. The molecule has 0 bridgehead atoms. The molecule has 2 aliphatic rings. The number of sulfone groups is 1. The van der Waals surface area contributed by atoms with Crippen molar-refractivity contribution in [3.63, 3.8) is 0 Å². The molecule has 1 saturated carbocycles. The zero-order valence-corrected chi connectivity index (χ0v) is 15.4. The Hall–Kier alpha value is -2.35. The Kier molecular flexibility index (Phi) is 4.22. The molecule has 2 fully saturated rings. The Morgan fingerprint density at radius 1 is 1.23 bits per heavy atom. The summed E-state index contributed by atoms with van der Waals surface area (Å²) in [6, 6.07) is 9.55. The van der Waals surface area contributed by atoms with Crippen LogP contribution in [0, 0.1) is 0 Å². The number of carbonyl (C=O) groups excluding carboxylic acids is 1. The van der Waals surface area contributed by atoms with Gasteiger partial charge >= 0.3 is 6.03 Å². The summed E-state index contributed by atoms with van der Waals surface area (Å²) < 4.78 is 25.8. The summed E-state index contributed by atoms with van der Waals surface area (Å²) in [4.78, 5) is 14.5. The molecule has 2 amide bonds. The maximum atomic E-state index is 12.8. The van der Waals surface area contributed by atoms with Crippen LogP contribution < -0.4 is 5.32 Å². The molecular formula is C18H22N4O3S. The molecule has 0 radical (unpaired) electrons. The van der Waals surface area contributed by atoms with Crippen LogP contribution in [0.4, 0.5) is 4.79 Å². The van der Waals surface area contributed by atoms with E-state index < -0.39 is 15.9 Å². The van der Waals surface area contributed by atoms with E-state index in [0.29, 0.717) is 5.92 Å². The number of nitrogens with zero attached hydrogens (tertiary/aromatic N) is 3. The van der Waals surface area contributed by atoms with Gasteiger partial charge in [0.1, 0.15) is 0 Å². The van der Waals surface area contributed by atoms with Crippen LogP contribution in [0.3, 0.4) is 0 Å². The van der Waals surface area contributed by atoms with Crippen molar-refractivity contribution in [2.24, 2.45) is 7.05 Å². The van der Waals surface area contributed by atoms with E-state index in [-0.39, 0.29) is 30.1 Å². The Morgan fingerprint density at radius 3 is 2.69 bits per heavy atom. The normalized spacial score (nSPS) is 27.1. The topological polar surface area (TPSA) is 84.3 Å². The lowest BCUT2D eigenvalue weighted by atomic mass is 10.1. The second-order valence-corrected chi connectivity index (χ2v) is 9.31. The van der Waals surface area contributed by atoms with Gasteiger partial charge in [0, 0.05) is 37.3 Å². The van der Waals surface area contributed by atoms with Crippen molar-refractivity contribution < 1.29 is 13.2 Å². The van der Waals surface area contributed by atoms with E-state index in [1.807, 2.05) is 18.2 Å². The minimum Gasteiger partial charge on any atom is -0.335 e. The average Bonchev–Trinajstić information content (AvgIpc) is 3.24. The predicted molar refractivity (Wildman–Crippen MR) is 97.4 cm³/mol. The molecule has 1 saturated heterocycles. The van der Waals surface area contributed by atoms with Gasteiger partial charge in [0.15, 0.2) is 9.84 Å². The fourth-order valence-electron chi connectivity index (χ4n) is 3.60. The number of aryl methyl sites for hydroxylation is 1. The minimum absolute atomic E-state index is 0.00393. The van der Waals surface area contributed by atoms with Crippen LogP contribution in [-0.2, 0) is 16.9 Å². The fourth-order valence-corrected chi connectivity index (χ4v) is 5.10. The van der Waals surface area contributed by atoms with Gasteiger partial charge in [-0.05, 0) is 12.0 Å². The van der Waals surface area contributed by atoms with Crippen molar-refractivity contribution in [1.29, 1.82) is 0 Å². The molecule has 26 heavy (non-hydrogen) atoms. The maximum Gasteiger partial charge on any atom is 0.318 e. The van der Waals surface area contributed by atoms with Crippen LogP contribution in [0.2, 0.25) is 0 Å². The molecule has 1 aliphatic heterocycles. The summed E-state index contributed by atoms with van der Waals surface area (Å²) in [5.74, 6) is 0.286. The Labute approximate surface area is 152 Å². The summed E-state index contributed by atoms with van der Waals surface area (Å²) in [5, 5.41) is 7.19. The van der Waals surface area contributed by atoms with Crippen molar-refractivity contribution in [3.8, 4) is 0 Å². The zero-order chi connectivity index (χ0) is 18.3. The lowest BCUT2D eigenvalue weighted by molar-refractivity contribution is 0.180. The minimum atomic E-state index is -3.16. The highest BCUT2D eigenvalue weighted by molar-refractivity contribution is 7.91. The zero-order valence-electron chi connectivity index (χ0n) is 14.6. The molecule has 138 valence electrons. The summed E-state index contributed by atoms with van der Waals surface area (Å²) in [6.45, 7) is 0.205. The molecule has 2 aromatic rings. The van der Waals surface area contributed by atoms with Crippen molar-refractivity contribution >= 4 is 15.9 Å². The highest BCUT2D eigenvalue weighted by Crippen LogP contribution is 2.41. The standard InChI is InChI=1S/C18H22N4O3S/c1-21-11-14(10-19-21)17-12-26(24,25)8-7-22(17)18(23)20-16-9-15(16)13-5-3-2-4-6-13/h2-6,10-11,15-17H,7-9,12H2,1H3,(H,20,23)/t15-,16-,17+/m1/s1. The molecule has 4 rings (SSSR count). The Balaban J connectivity index is 1.47. The number of urea groups is 1. The summed E-state index contributed by atoms with van der Waals surface area (Å²) in [7, 11) is -1.38. The van der Waals surface area contributed by atoms with E-state index >= 15 is 0 Å². The van der Waals surface area contributed by atoms with Crippen LogP contribution in [-0.4, -0.2) is 53.2 Å². The number of carbonyl (C=O) groups is 1. The van der Waals surface area contributed by atoms with Gasteiger partial charge in [0.05, 0.1) is 23.7 Å². The molecule has 2 heterocycles. The lowest BCUT2D eigenvalue weighted by Gasteiger charge is -2.35. The number of amides is 2. The SMILES string of the molecule is Cn1cc([C@@H]2CS(=O)(=O)CCN2C(=O)N[C@@H]2C[C@@H]2c2ccccc2)cn1. The van der Waals surface area contributed by atoms with E-state index in [9.17, 15) is 13.2 Å². The molecule has 8 heteroatoms. The molecule has 7 nitrogen and oxygen atoms in total. The molecule has 1 aliphatic carbocycles. The van der Waals surface area contributed by atoms with Gasteiger partial charge in [0.2, 0.25) is 0 Å². The van der Waals surface area contributed by atoms with Gasteiger partial charge in [-0.1, -0.05) is 30.3 Å². The predicted octanol–water partition coefficient (Wildman–Crippen LogP) is 1.46. The van der Waals surface area contributed by atoms with Crippen molar-refractivity contribution in [1.82, 2.24) is 20.0 Å². The number of aromatic nitrogens is 2. The largest absolute Gasteiger partial charge is 0.335 e. The summed E-state index contributed by atoms with van der Waals surface area (Å²) >= 11 is 0. The Morgan fingerprint density at radius 2 is 2.00 bits per heavy atom. The smallest absolute Gasteiger partial charge is 0.318 e. The molecule has 0 unspecified atom stereocenters. The number of nitrogens with one attached hydrogen (secondary N) is 1. The first-order valence-electron chi connectivity index (χ1n) is 8.74. The number of hydrogen-bond acceptors (Lipinski definition) is 4. The third-order valence-electron chi connectivity index (χ3n) is 5.13. The highest BCUT2D eigenvalue weighted by atomic mass is 32.2. The van der Waals surface area contributed by atoms with Crippen molar-refractivity contribution in [2.75, 3.05) is 18.1 Å². The van der Waals surface area contributed by atoms with Gasteiger partial charge in [-0.25, -0.2) is 13.2 Å². The second kappa shape index (κ2) is 6.42. The second-order valence-electron chi connectivity index (χ2n) is 7.08. The van der Waals surface area contributed by atoms with Crippen LogP contribution in [0.1, 0.15) is 29.5 Å². The highest BCUT2D eigenvalue weighted by Gasteiger charge is 2.42. The van der Waals surface area contributed by atoms with Gasteiger partial charge in [-0.2, -0.15) is 5.10 Å². The van der Waals surface area contributed by atoms with Crippen LogP contribution >= 0.6 is 0 Å². The van der Waals surface area contributed by atoms with E-state index in [1.165, 1.54) is 5.56 Å². The molecular weight excluding hydrogens is 352 g/mol. The summed E-state index contributed by atoms with van der Waals surface area (Å²) in [5.41, 5.74) is 1.98. The molecule has 0 spiro atoms. The lowest BCUT2D eigenvalue weighted by Crippen LogP contribution is -2.50. The quantitative estimate of drug-likeness (QED) is 0.881. The molecule has 1 aromatic heterocycles. The third kappa shape index (κ3) is 3.46. The Bertz CT molecular complexity index is 910. The van der Waals surface area contributed by atoms with Crippen molar-refractivity contribution in [2.45, 2.75) is 24.4 Å². The van der Waals surface area contributed by atoms with Gasteiger partial charge in [-0.3, -0.25) is 4.68 Å². The molecule has 3 atom stereocenters. The average molecular weight is 374 g/mol. The van der Waals surface area contributed by atoms with Crippen LogP contribution in [0.15, 0.2) is 42.7 Å². The number of hydrogen-bond donors (Lipinski definition) is 1. The third-order valence-corrected chi connectivity index (χ3v) is 6.76. The number of benzene rings is 1. The maximum absolute atomic E-state index is 12.8. The van der Waals surface area contributed by atoms with Crippen LogP contribution in [0.25, 0.3) is 0 Å². The fraction of sp³-hybridized carbons (Fsp3) is 0.444. The van der Waals surface area contributed by atoms with Gasteiger partial charge in [0.25, 0.3) is 0 Å². The first kappa shape index (κ1) is 17.1. The van der Waals surface area contributed by atoms with E-state index in [2.05, 4.69) is 22.5 Å². The monoisotopic (exact) mass is 374 g/mol. The van der Waals surface area contributed by atoms with Crippen LogP contribution in [0.5, 0.6) is 0 Å². The van der Waals surface area contributed by atoms with Crippen molar-refractivity contribution in [3.05, 3.63) is 53.9 Å². The summed E-state index contributed by atoms with van der Waals surface area (Å²) in [6.07, 6.45) is 4.32.